The minimum atomic E-state index is 0.372. The van der Waals surface area contributed by atoms with Crippen LogP contribution in [0, 0.1) is 0 Å². The average molecular weight is 141 g/mol. The fourth-order valence-corrected chi connectivity index (χ4v) is 2.34. The topological polar surface area (TPSA) is 3.24 Å². The lowest BCUT2D eigenvalue weighted by molar-refractivity contribution is -0.0406. The van der Waals surface area contributed by atoms with Gasteiger partial charge in [-0.05, 0) is 41.0 Å². The van der Waals surface area contributed by atoms with Crippen LogP contribution >= 0.6 is 0 Å². The van der Waals surface area contributed by atoms with E-state index >= 15 is 0 Å². The number of likely N-dealkylation sites (tertiary alicyclic amines) is 1. The minimum absolute atomic E-state index is 0.372. The molecule has 0 spiro atoms. The van der Waals surface area contributed by atoms with Gasteiger partial charge >= 0.3 is 0 Å². The maximum atomic E-state index is 2.58. The zero-order chi connectivity index (χ0) is 7.94. The number of rotatable bonds is 0. The minimum Gasteiger partial charge on any atom is -0.293 e. The third-order valence-electron chi connectivity index (χ3n) is 2.41. The van der Waals surface area contributed by atoms with Crippen LogP contribution in [-0.2, 0) is 0 Å². The molecular weight excluding hydrogens is 122 g/mol. The van der Waals surface area contributed by atoms with Gasteiger partial charge in [0, 0.05) is 17.6 Å². The Hall–Kier alpha value is -0.0400. The number of nitrogens with zero attached hydrogens (tertiary/aromatic N) is 1. The summed E-state index contributed by atoms with van der Waals surface area (Å²) >= 11 is 0. The summed E-state index contributed by atoms with van der Waals surface area (Å²) in [7, 11) is 0. The van der Waals surface area contributed by atoms with Gasteiger partial charge in [0.05, 0.1) is 0 Å². The Labute approximate surface area is 64.4 Å². The molecule has 60 valence electrons. The van der Waals surface area contributed by atoms with Crippen molar-refractivity contribution in [2.45, 2.75) is 58.7 Å². The van der Waals surface area contributed by atoms with Crippen LogP contribution in [0.2, 0.25) is 0 Å². The standard InChI is InChI=1S/C9H19N/c1-7-6-8(2)10(7)9(3,4)5/h7-8H,6H2,1-5H3. The molecule has 0 radical (unpaired) electrons. The lowest BCUT2D eigenvalue weighted by Crippen LogP contribution is -2.61. The summed E-state index contributed by atoms with van der Waals surface area (Å²) in [6, 6.07) is 1.60. The quantitative estimate of drug-likeness (QED) is 0.500. The first kappa shape index (κ1) is 8.06. The molecule has 0 aromatic heterocycles. The molecule has 0 N–H and O–H groups in total. The molecule has 1 aliphatic rings. The molecule has 0 aromatic carbocycles. The molecule has 0 aliphatic carbocycles. The van der Waals surface area contributed by atoms with Crippen LogP contribution in [0.25, 0.3) is 0 Å². The molecule has 1 heteroatoms. The van der Waals surface area contributed by atoms with E-state index in [2.05, 4.69) is 39.5 Å². The summed E-state index contributed by atoms with van der Waals surface area (Å²) in [6.07, 6.45) is 1.37. The van der Waals surface area contributed by atoms with E-state index in [4.69, 9.17) is 0 Å². The number of hydrogen-bond acceptors (Lipinski definition) is 1. The van der Waals surface area contributed by atoms with Crippen LogP contribution in [0.15, 0.2) is 0 Å². The smallest absolute Gasteiger partial charge is 0.0130 e. The third kappa shape index (κ3) is 1.20. The summed E-state index contributed by atoms with van der Waals surface area (Å²) in [5.74, 6) is 0. The Morgan fingerprint density at radius 1 is 1.10 bits per heavy atom. The zero-order valence-electron chi connectivity index (χ0n) is 7.81. The molecule has 1 aliphatic heterocycles. The van der Waals surface area contributed by atoms with Gasteiger partial charge in [0.15, 0.2) is 0 Å². The summed E-state index contributed by atoms with van der Waals surface area (Å²) in [5, 5.41) is 0. The summed E-state index contributed by atoms with van der Waals surface area (Å²) in [5.41, 5.74) is 0.372. The second-order valence-electron chi connectivity index (χ2n) is 4.51. The van der Waals surface area contributed by atoms with Gasteiger partial charge in [-0.15, -0.1) is 0 Å². The highest BCUT2D eigenvalue weighted by atomic mass is 15.3. The third-order valence-corrected chi connectivity index (χ3v) is 2.41. The first-order valence-electron chi connectivity index (χ1n) is 4.21. The highest BCUT2D eigenvalue weighted by molar-refractivity contribution is 4.94. The van der Waals surface area contributed by atoms with E-state index in [1.165, 1.54) is 6.42 Å². The Balaban J connectivity index is 2.55. The molecule has 2 atom stereocenters. The Kier molecular flexibility index (Phi) is 1.80. The first-order chi connectivity index (χ1) is 4.43. The van der Waals surface area contributed by atoms with Crippen LogP contribution in [0.5, 0.6) is 0 Å². The highest BCUT2D eigenvalue weighted by Gasteiger charge is 2.38. The molecule has 1 nitrogen and oxygen atoms in total. The van der Waals surface area contributed by atoms with Crippen LogP contribution in [0.3, 0.4) is 0 Å². The van der Waals surface area contributed by atoms with Gasteiger partial charge in [0.25, 0.3) is 0 Å². The van der Waals surface area contributed by atoms with Gasteiger partial charge in [0.1, 0.15) is 0 Å². The van der Waals surface area contributed by atoms with Gasteiger partial charge in [-0.25, -0.2) is 0 Å². The van der Waals surface area contributed by atoms with Crippen molar-refractivity contribution < 1.29 is 0 Å². The van der Waals surface area contributed by atoms with E-state index in [0.717, 1.165) is 12.1 Å². The Morgan fingerprint density at radius 2 is 1.50 bits per heavy atom. The molecule has 0 bridgehead atoms. The molecule has 0 saturated carbocycles. The fraction of sp³-hybridized carbons (Fsp3) is 1.00. The Morgan fingerprint density at radius 3 is 1.60 bits per heavy atom. The van der Waals surface area contributed by atoms with Crippen molar-refractivity contribution in [3.8, 4) is 0 Å². The van der Waals surface area contributed by atoms with Crippen molar-refractivity contribution >= 4 is 0 Å². The van der Waals surface area contributed by atoms with Crippen molar-refractivity contribution in [3.63, 3.8) is 0 Å². The lowest BCUT2D eigenvalue weighted by atomic mass is 9.88. The van der Waals surface area contributed by atoms with E-state index in [1.807, 2.05) is 0 Å². The molecule has 1 fully saturated rings. The van der Waals surface area contributed by atoms with Crippen molar-refractivity contribution in [2.24, 2.45) is 0 Å². The molecule has 0 amide bonds. The molecule has 1 rings (SSSR count). The van der Waals surface area contributed by atoms with Crippen molar-refractivity contribution in [1.29, 1.82) is 0 Å². The van der Waals surface area contributed by atoms with Crippen LogP contribution in [-0.4, -0.2) is 22.5 Å². The first-order valence-corrected chi connectivity index (χ1v) is 4.21. The predicted molar refractivity (Wildman–Crippen MR) is 45.1 cm³/mol. The monoisotopic (exact) mass is 141 g/mol. The Bertz CT molecular complexity index is 115. The predicted octanol–water partition coefficient (Wildman–Crippen LogP) is 2.27. The lowest BCUT2D eigenvalue weighted by Gasteiger charge is -2.53. The van der Waals surface area contributed by atoms with E-state index in [-0.39, 0.29) is 0 Å². The average Bonchev–Trinajstić information content (AvgIpc) is 1.58. The molecule has 1 saturated heterocycles. The normalized spacial score (nSPS) is 35.7. The maximum Gasteiger partial charge on any atom is 0.0130 e. The molecule has 2 unspecified atom stereocenters. The van der Waals surface area contributed by atoms with Gasteiger partial charge < -0.3 is 0 Å². The van der Waals surface area contributed by atoms with Crippen molar-refractivity contribution in [3.05, 3.63) is 0 Å². The molecule has 1 heterocycles. The summed E-state index contributed by atoms with van der Waals surface area (Å²) < 4.78 is 0. The molecular formula is C9H19N. The second-order valence-corrected chi connectivity index (χ2v) is 4.51. The van der Waals surface area contributed by atoms with Gasteiger partial charge in [-0.2, -0.15) is 0 Å². The van der Waals surface area contributed by atoms with Gasteiger partial charge in [-0.1, -0.05) is 0 Å². The largest absolute Gasteiger partial charge is 0.293 e. The van der Waals surface area contributed by atoms with Gasteiger partial charge in [0.2, 0.25) is 0 Å². The van der Waals surface area contributed by atoms with E-state index in [1.54, 1.807) is 0 Å². The van der Waals surface area contributed by atoms with E-state index in [0.29, 0.717) is 5.54 Å². The molecule has 10 heavy (non-hydrogen) atoms. The van der Waals surface area contributed by atoms with Crippen molar-refractivity contribution in [1.82, 2.24) is 4.90 Å². The zero-order valence-corrected chi connectivity index (χ0v) is 7.81. The van der Waals surface area contributed by atoms with Crippen LogP contribution in [0.1, 0.15) is 41.0 Å². The maximum absolute atomic E-state index is 2.58. The van der Waals surface area contributed by atoms with Crippen molar-refractivity contribution in [2.75, 3.05) is 0 Å². The van der Waals surface area contributed by atoms with E-state index in [9.17, 15) is 0 Å². The van der Waals surface area contributed by atoms with Crippen LogP contribution < -0.4 is 0 Å². The highest BCUT2D eigenvalue weighted by Crippen LogP contribution is 2.32. The number of hydrogen-bond donors (Lipinski definition) is 0. The molecule has 0 aromatic rings. The van der Waals surface area contributed by atoms with Gasteiger partial charge in [-0.3, -0.25) is 4.90 Å². The SMILES string of the molecule is CC1CC(C)N1C(C)(C)C. The summed E-state index contributed by atoms with van der Waals surface area (Å²) in [4.78, 5) is 2.58. The van der Waals surface area contributed by atoms with Crippen LogP contribution in [0.4, 0.5) is 0 Å². The fourth-order valence-electron chi connectivity index (χ4n) is 2.34. The van der Waals surface area contributed by atoms with E-state index < -0.39 is 0 Å². The summed E-state index contributed by atoms with van der Waals surface area (Å²) in [6.45, 7) is 11.5. The second kappa shape index (κ2) is 2.23.